The largest absolute Gasteiger partial charge is 0.495 e. The summed E-state index contributed by atoms with van der Waals surface area (Å²) in [6.45, 7) is 8.14. The molecule has 2 rings (SSSR count). The number of hydrogen-bond donors (Lipinski definition) is 2. The molecule has 4 nitrogen and oxygen atoms in total. The van der Waals surface area contributed by atoms with Gasteiger partial charge < -0.3 is 19.8 Å². The lowest BCUT2D eigenvalue weighted by Gasteiger charge is -2.32. The molecule has 0 atom stereocenters. The number of nitrogens with two attached hydrogens (primary N) is 1. The molecule has 1 aliphatic heterocycles. The van der Waals surface area contributed by atoms with Gasteiger partial charge in [0.25, 0.3) is 0 Å². The highest BCUT2D eigenvalue weighted by Crippen LogP contribution is 2.39. The van der Waals surface area contributed by atoms with E-state index in [1.807, 2.05) is 52.0 Å². The third-order valence-corrected chi connectivity index (χ3v) is 4.71. The van der Waals surface area contributed by atoms with Crippen LogP contribution in [0.25, 0.3) is 6.08 Å². The number of methoxy groups -OCH3 is 1. The average molecular weight is 321 g/mol. The molecule has 6 heteroatoms. The molecule has 0 spiro atoms. The van der Waals surface area contributed by atoms with Crippen molar-refractivity contribution in [3.05, 3.63) is 29.2 Å². The van der Waals surface area contributed by atoms with Crippen LogP contribution in [0.15, 0.2) is 23.7 Å². The summed E-state index contributed by atoms with van der Waals surface area (Å²) in [6, 6.07) is 5.67. The molecule has 0 aliphatic carbocycles. The Hall–Kier alpha value is -1.11. The first-order valence-electron chi connectivity index (χ1n) is 7.30. The monoisotopic (exact) mass is 321 g/mol. The predicted molar refractivity (Wildman–Crippen MR) is 95.3 cm³/mol. The first-order valence-corrected chi connectivity index (χ1v) is 7.94. The third-order valence-electron chi connectivity index (χ3n) is 4.34. The van der Waals surface area contributed by atoms with E-state index in [1.165, 1.54) is 0 Å². The van der Waals surface area contributed by atoms with E-state index >= 15 is 0 Å². The Kier molecular flexibility index (Phi) is 4.85. The Balaban J connectivity index is 2.27. The third kappa shape index (κ3) is 3.29. The highest BCUT2D eigenvalue weighted by Gasteiger charge is 2.52. The molecule has 1 aliphatic rings. The summed E-state index contributed by atoms with van der Waals surface area (Å²) >= 11 is 4.41. The summed E-state index contributed by atoms with van der Waals surface area (Å²) in [7, 11) is 1.20. The number of ether oxygens (including phenoxy) is 1. The first kappa shape index (κ1) is 17.3. The fourth-order valence-corrected chi connectivity index (χ4v) is 2.48. The summed E-state index contributed by atoms with van der Waals surface area (Å²) in [5.41, 5.74) is 7.76. The molecule has 0 bridgehead atoms. The highest BCUT2D eigenvalue weighted by molar-refractivity contribution is 7.80. The van der Waals surface area contributed by atoms with Crippen LogP contribution in [0, 0.1) is 0 Å². The van der Waals surface area contributed by atoms with Crippen molar-refractivity contribution in [2.75, 3.05) is 18.6 Å². The molecule has 0 radical (unpaired) electrons. The van der Waals surface area contributed by atoms with E-state index in [4.69, 9.17) is 19.8 Å². The van der Waals surface area contributed by atoms with Crippen LogP contribution >= 0.6 is 12.6 Å². The Morgan fingerprint density at radius 1 is 1.27 bits per heavy atom. The Bertz CT molecular complexity index is 571. The fourth-order valence-electron chi connectivity index (χ4n) is 2.24. The van der Waals surface area contributed by atoms with E-state index in [1.54, 1.807) is 7.11 Å². The molecule has 1 saturated heterocycles. The lowest BCUT2D eigenvalue weighted by atomic mass is 9.78. The van der Waals surface area contributed by atoms with Crippen molar-refractivity contribution in [3.63, 3.8) is 0 Å². The minimum absolute atomic E-state index is 0.362. The lowest BCUT2D eigenvalue weighted by molar-refractivity contribution is 0.00578. The number of anilines is 1. The zero-order chi connectivity index (χ0) is 16.5. The maximum Gasteiger partial charge on any atom is 0.491 e. The van der Waals surface area contributed by atoms with Gasteiger partial charge in [-0.3, -0.25) is 0 Å². The molecule has 2 N–H and O–H groups in total. The summed E-state index contributed by atoms with van der Waals surface area (Å²) in [5, 5.41) is 0. The average Bonchev–Trinajstić information content (AvgIpc) is 2.65. The zero-order valence-corrected chi connectivity index (χ0v) is 14.7. The van der Waals surface area contributed by atoms with E-state index in [0.29, 0.717) is 17.2 Å². The normalized spacial score (nSPS) is 20.3. The molecule has 1 aromatic rings. The number of benzene rings is 1. The molecule has 0 unspecified atom stereocenters. The SMILES string of the molecule is COc1ccc(C=C(CS)B2OC(C)(C)C(C)(C)O2)cc1N. The van der Waals surface area contributed by atoms with Gasteiger partial charge in [0.15, 0.2) is 0 Å². The van der Waals surface area contributed by atoms with Gasteiger partial charge in [0, 0.05) is 5.75 Å². The first-order chi connectivity index (χ1) is 10.2. The lowest BCUT2D eigenvalue weighted by Crippen LogP contribution is -2.41. The molecule has 1 heterocycles. The zero-order valence-electron chi connectivity index (χ0n) is 13.8. The second-order valence-electron chi connectivity index (χ2n) is 6.47. The van der Waals surface area contributed by atoms with Gasteiger partial charge in [0.1, 0.15) is 5.75 Å². The molecular formula is C16H24BNO3S. The summed E-state index contributed by atoms with van der Waals surface area (Å²) in [5.74, 6) is 1.21. The van der Waals surface area contributed by atoms with Crippen molar-refractivity contribution in [2.45, 2.75) is 38.9 Å². The molecule has 0 amide bonds. The van der Waals surface area contributed by atoms with Crippen molar-refractivity contribution in [2.24, 2.45) is 0 Å². The minimum atomic E-state index is -0.397. The van der Waals surface area contributed by atoms with Crippen molar-refractivity contribution >= 4 is 31.5 Å². The summed E-state index contributed by atoms with van der Waals surface area (Å²) < 4.78 is 17.3. The quantitative estimate of drug-likeness (QED) is 0.508. The van der Waals surface area contributed by atoms with Gasteiger partial charge in [-0.15, -0.1) is 0 Å². The van der Waals surface area contributed by atoms with Crippen LogP contribution in [0.5, 0.6) is 5.75 Å². The molecule has 0 aromatic heterocycles. The molecule has 120 valence electrons. The number of rotatable bonds is 4. The summed E-state index contributed by atoms with van der Waals surface area (Å²) in [6.07, 6.45) is 2.00. The van der Waals surface area contributed by atoms with E-state index in [9.17, 15) is 0 Å². The highest BCUT2D eigenvalue weighted by atomic mass is 32.1. The summed E-state index contributed by atoms with van der Waals surface area (Å²) in [4.78, 5) is 0. The molecule has 1 aromatic carbocycles. The van der Waals surface area contributed by atoms with Gasteiger partial charge in [-0.25, -0.2) is 0 Å². The van der Waals surface area contributed by atoms with E-state index in [2.05, 4.69) is 12.6 Å². The van der Waals surface area contributed by atoms with Crippen molar-refractivity contribution in [1.82, 2.24) is 0 Å². The van der Waals surface area contributed by atoms with E-state index < -0.39 is 7.12 Å². The van der Waals surface area contributed by atoms with Crippen LogP contribution in [-0.2, 0) is 9.31 Å². The van der Waals surface area contributed by atoms with Crippen LogP contribution in [0.1, 0.15) is 33.3 Å². The second-order valence-corrected chi connectivity index (χ2v) is 6.78. The van der Waals surface area contributed by atoms with Gasteiger partial charge in [-0.05, 0) is 50.9 Å². The molecular weight excluding hydrogens is 297 g/mol. The van der Waals surface area contributed by atoms with Crippen LogP contribution in [-0.4, -0.2) is 31.2 Å². The number of hydrogen-bond acceptors (Lipinski definition) is 5. The van der Waals surface area contributed by atoms with Gasteiger partial charge in [0.05, 0.1) is 24.0 Å². The second kappa shape index (κ2) is 6.18. The number of nitrogen functional groups attached to an aromatic ring is 1. The van der Waals surface area contributed by atoms with Crippen molar-refractivity contribution in [3.8, 4) is 5.75 Å². The van der Waals surface area contributed by atoms with Gasteiger partial charge in [0.2, 0.25) is 0 Å². The van der Waals surface area contributed by atoms with Gasteiger partial charge >= 0.3 is 7.12 Å². The van der Waals surface area contributed by atoms with Crippen LogP contribution < -0.4 is 10.5 Å². The maximum absolute atomic E-state index is 6.07. The minimum Gasteiger partial charge on any atom is -0.495 e. The van der Waals surface area contributed by atoms with Gasteiger partial charge in [-0.1, -0.05) is 12.1 Å². The van der Waals surface area contributed by atoms with Crippen LogP contribution in [0.4, 0.5) is 5.69 Å². The van der Waals surface area contributed by atoms with Gasteiger partial charge in [-0.2, -0.15) is 12.6 Å². The Morgan fingerprint density at radius 3 is 2.32 bits per heavy atom. The number of thiol groups is 1. The predicted octanol–water partition coefficient (Wildman–Crippen LogP) is 3.22. The fraction of sp³-hybridized carbons (Fsp3) is 0.500. The van der Waals surface area contributed by atoms with E-state index in [0.717, 1.165) is 11.0 Å². The molecule has 0 saturated carbocycles. The molecule has 1 fully saturated rings. The van der Waals surface area contributed by atoms with Crippen molar-refractivity contribution < 1.29 is 14.0 Å². The van der Waals surface area contributed by atoms with Crippen LogP contribution in [0.2, 0.25) is 0 Å². The Labute approximate surface area is 138 Å². The van der Waals surface area contributed by atoms with Crippen molar-refractivity contribution in [1.29, 1.82) is 0 Å². The smallest absolute Gasteiger partial charge is 0.491 e. The van der Waals surface area contributed by atoms with E-state index in [-0.39, 0.29) is 11.2 Å². The van der Waals surface area contributed by atoms with Crippen LogP contribution in [0.3, 0.4) is 0 Å². The standard InChI is InChI=1S/C16H24BNO3S/c1-15(2)16(3,4)21-17(20-15)12(10-22)8-11-6-7-14(19-5)13(18)9-11/h6-9,22H,10,18H2,1-5H3. The molecule has 22 heavy (non-hydrogen) atoms. The maximum atomic E-state index is 6.07. The Morgan fingerprint density at radius 2 is 1.86 bits per heavy atom. The topological polar surface area (TPSA) is 53.7 Å².